The average molecular weight is 363 g/mol. The van der Waals surface area contributed by atoms with Gasteiger partial charge in [0, 0.05) is 0 Å². The van der Waals surface area contributed by atoms with Crippen molar-refractivity contribution in [3.8, 4) is 0 Å². The van der Waals surface area contributed by atoms with E-state index in [9.17, 15) is 9.59 Å². The number of esters is 2. The predicted octanol–water partition coefficient (Wildman–Crippen LogP) is 4.72. The highest BCUT2D eigenvalue weighted by Crippen LogP contribution is 2.17. The van der Waals surface area contributed by atoms with Crippen molar-refractivity contribution in [2.75, 3.05) is 13.2 Å². The molecule has 0 saturated heterocycles. The Morgan fingerprint density at radius 1 is 0.885 bits per heavy atom. The van der Waals surface area contributed by atoms with Crippen LogP contribution >= 0.6 is 0 Å². The lowest BCUT2D eigenvalue weighted by Gasteiger charge is -2.17. The molecule has 1 rings (SSSR count). The minimum absolute atomic E-state index is 0.0620. The summed E-state index contributed by atoms with van der Waals surface area (Å²) in [6.07, 6.45) is 2.20. The summed E-state index contributed by atoms with van der Waals surface area (Å²) in [7, 11) is 0. The molecule has 0 aliphatic rings. The molecule has 4 heteroatoms. The molecule has 0 aromatic heterocycles. The van der Waals surface area contributed by atoms with Gasteiger partial charge in [-0.05, 0) is 43.6 Å². The second-order valence-corrected chi connectivity index (χ2v) is 7.84. The summed E-state index contributed by atoms with van der Waals surface area (Å²) in [5, 5.41) is 0. The summed E-state index contributed by atoms with van der Waals surface area (Å²) in [6.45, 7) is 11.2. The van der Waals surface area contributed by atoms with E-state index >= 15 is 0 Å². The van der Waals surface area contributed by atoms with Gasteiger partial charge in [0.15, 0.2) is 0 Å². The lowest BCUT2D eigenvalue weighted by molar-refractivity contribution is -0.155. The monoisotopic (exact) mass is 362 g/mol. The predicted molar refractivity (Wildman–Crippen MR) is 104 cm³/mol. The third-order valence-corrected chi connectivity index (χ3v) is 4.25. The van der Waals surface area contributed by atoms with Crippen molar-refractivity contribution in [1.82, 2.24) is 0 Å². The molecule has 0 radical (unpaired) electrons. The number of rotatable bonds is 11. The fraction of sp³-hybridized carbons (Fsp3) is 0.636. The normalized spacial score (nSPS) is 12.3. The topological polar surface area (TPSA) is 52.6 Å². The van der Waals surface area contributed by atoms with Crippen molar-refractivity contribution in [1.29, 1.82) is 0 Å². The number of hydrogen-bond acceptors (Lipinski definition) is 4. The smallest absolute Gasteiger partial charge is 0.309 e. The van der Waals surface area contributed by atoms with Crippen LogP contribution in [0.3, 0.4) is 0 Å². The van der Waals surface area contributed by atoms with E-state index in [4.69, 9.17) is 9.47 Å². The molecular formula is C22H34O4. The Bertz CT molecular complexity index is 546. The Morgan fingerprint density at radius 3 is 1.96 bits per heavy atom. The average Bonchev–Trinajstić information content (AvgIpc) is 2.55. The van der Waals surface area contributed by atoms with Gasteiger partial charge in [0.25, 0.3) is 0 Å². The number of benzene rings is 1. The van der Waals surface area contributed by atoms with E-state index in [0.717, 1.165) is 24.0 Å². The Hall–Kier alpha value is -1.84. The minimum Gasteiger partial charge on any atom is -0.466 e. The summed E-state index contributed by atoms with van der Waals surface area (Å²) >= 11 is 0. The molecule has 0 fully saturated rings. The van der Waals surface area contributed by atoms with Gasteiger partial charge in [-0.1, -0.05) is 57.5 Å². The van der Waals surface area contributed by atoms with Gasteiger partial charge in [-0.25, -0.2) is 0 Å². The van der Waals surface area contributed by atoms with Gasteiger partial charge in [-0.15, -0.1) is 0 Å². The summed E-state index contributed by atoms with van der Waals surface area (Å²) in [5.41, 5.74) is 2.19. The van der Waals surface area contributed by atoms with Gasteiger partial charge in [-0.2, -0.15) is 0 Å². The van der Waals surface area contributed by atoms with Crippen LogP contribution in [-0.2, 0) is 25.5 Å². The summed E-state index contributed by atoms with van der Waals surface area (Å²) in [4.78, 5) is 24.6. The molecule has 1 atom stereocenters. The number of hydrogen-bond donors (Lipinski definition) is 0. The van der Waals surface area contributed by atoms with Crippen LogP contribution in [0.25, 0.3) is 0 Å². The molecule has 0 saturated carbocycles. The van der Waals surface area contributed by atoms with E-state index in [2.05, 4.69) is 27.7 Å². The zero-order valence-electron chi connectivity index (χ0n) is 16.9. The summed E-state index contributed by atoms with van der Waals surface area (Å²) in [5.74, 6) is -0.196. The highest BCUT2D eigenvalue weighted by atomic mass is 16.5. The molecule has 1 unspecified atom stereocenters. The second-order valence-electron chi connectivity index (χ2n) is 7.84. The first kappa shape index (κ1) is 22.2. The van der Waals surface area contributed by atoms with Crippen LogP contribution < -0.4 is 0 Å². The first-order chi connectivity index (χ1) is 12.3. The molecule has 0 bridgehead atoms. The minimum atomic E-state index is -0.503. The van der Waals surface area contributed by atoms with Gasteiger partial charge in [0.05, 0.1) is 25.6 Å². The maximum atomic E-state index is 12.5. The van der Waals surface area contributed by atoms with Crippen LogP contribution in [0.5, 0.6) is 0 Å². The van der Waals surface area contributed by atoms with Crippen molar-refractivity contribution in [3.63, 3.8) is 0 Å². The first-order valence-corrected chi connectivity index (χ1v) is 9.65. The molecule has 26 heavy (non-hydrogen) atoms. The van der Waals surface area contributed by atoms with Gasteiger partial charge in [0.2, 0.25) is 0 Å². The van der Waals surface area contributed by atoms with Gasteiger partial charge >= 0.3 is 11.9 Å². The quantitative estimate of drug-likeness (QED) is 0.534. The fourth-order valence-corrected chi connectivity index (χ4v) is 2.43. The van der Waals surface area contributed by atoms with Crippen LogP contribution in [0, 0.1) is 24.7 Å². The standard InChI is InChI=1S/C22H34O4/c1-16(2)10-12-25-21(23)15-20(22(24)26-13-11-17(3)4)14-19-8-6-18(5)7-9-19/h6-9,16-17,20H,10-15H2,1-5H3. The molecule has 1 aromatic rings. The number of carbonyl (C=O) groups is 2. The van der Waals surface area contributed by atoms with Crippen molar-refractivity contribution < 1.29 is 19.1 Å². The number of carbonyl (C=O) groups excluding carboxylic acids is 2. The highest BCUT2D eigenvalue weighted by molar-refractivity contribution is 5.80. The molecule has 0 aliphatic carbocycles. The zero-order valence-corrected chi connectivity index (χ0v) is 16.9. The van der Waals surface area contributed by atoms with E-state index in [1.165, 1.54) is 0 Å². The van der Waals surface area contributed by atoms with E-state index in [0.29, 0.717) is 31.5 Å². The SMILES string of the molecule is Cc1ccc(CC(CC(=O)OCCC(C)C)C(=O)OCCC(C)C)cc1. The van der Waals surface area contributed by atoms with E-state index in [1.807, 2.05) is 31.2 Å². The van der Waals surface area contributed by atoms with Gasteiger partial charge in [-0.3, -0.25) is 9.59 Å². The van der Waals surface area contributed by atoms with Crippen molar-refractivity contribution >= 4 is 11.9 Å². The summed E-state index contributed by atoms with van der Waals surface area (Å²) < 4.78 is 10.7. The zero-order chi connectivity index (χ0) is 19.5. The van der Waals surface area contributed by atoms with Crippen LogP contribution in [0.2, 0.25) is 0 Å². The third-order valence-electron chi connectivity index (χ3n) is 4.25. The summed E-state index contributed by atoms with van der Waals surface area (Å²) in [6, 6.07) is 8.01. The first-order valence-electron chi connectivity index (χ1n) is 9.65. The molecular weight excluding hydrogens is 328 g/mol. The van der Waals surface area contributed by atoms with E-state index in [1.54, 1.807) is 0 Å². The molecule has 4 nitrogen and oxygen atoms in total. The maximum Gasteiger partial charge on any atom is 0.309 e. The van der Waals surface area contributed by atoms with Crippen LogP contribution in [0.4, 0.5) is 0 Å². The van der Waals surface area contributed by atoms with Crippen molar-refractivity contribution in [3.05, 3.63) is 35.4 Å². The lowest BCUT2D eigenvalue weighted by atomic mass is 9.95. The molecule has 146 valence electrons. The Balaban J connectivity index is 2.65. The lowest BCUT2D eigenvalue weighted by Crippen LogP contribution is -2.25. The van der Waals surface area contributed by atoms with Crippen molar-refractivity contribution in [2.45, 2.75) is 60.3 Å². The van der Waals surface area contributed by atoms with E-state index < -0.39 is 5.92 Å². The second kappa shape index (κ2) is 11.7. The van der Waals surface area contributed by atoms with Gasteiger partial charge < -0.3 is 9.47 Å². The molecule has 1 aromatic carbocycles. The Morgan fingerprint density at radius 2 is 1.42 bits per heavy atom. The Labute approximate surface area is 158 Å². The van der Waals surface area contributed by atoms with Crippen LogP contribution in [0.1, 0.15) is 58.1 Å². The molecule has 0 amide bonds. The van der Waals surface area contributed by atoms with Gasteiger partial charge in [0.1, 0.15) is 0 Å². The number of aryl methyl sites for hydroxylation is 1. The molecule has 0 spiro atoms. The van der Waals surface area contributed by atoms with E-state index in [-0.39, 0.29) is 18.4 Å². The number of ether oxygens (including phenoxy) is 2. The highest BCUT2D eigenvalue weighted by Gasteiger charge is 2.25. The fourth-order valence-electron chi connectivity index (χ4n) is 2.43. The molecule has 0 heterocycles. The maximum absolute atomic E-state index is 12.5. The third kappa shape index (κ3) is 9.59. The van der Waals surface area contributed by atoms with Crippen LogP contribution in [0.15, 0.2) is 24.3 Å². The van der Waals surface area contributed by atoms with Crippen LogP contribution in [-0.4, -0.2) is 25.2 Å². The Kier molecular flexibility index (Phi) is 10.0. The molecule has 0 aliphatic heterocycles. The molecule has 0 N–H and O–H groups in total. The van der Waals surface area contributed by atoms with Crippen molar-refractivity contribution in [2.24, 2.45) is 17.8 Å². The largest absolute Gasteiger partial charge is 0.466 e.